The lowest BCUT2D eigenvalue weighted by molar-refractivity contribution is 0.686. The van der Waals surface area contributed by atoms with Gasteiger partial charge in [0.25, 0.3) is 0 Å². The van der Waals surface area contributed by atoms with Gasteiger partial charge in [0.2, 0.25) is 0 Å². The Labute approximate surface area is 88.0 Å². The van der Waals surface area contributed by atoms with E-state index in [1.165, 1.54) is 0 Å². The van der Waals surface area contributed by atoms with Gasteiger partial charge in [-0.2, -0.15) is 5.26 Å². The molecule has 0 aliphatic carbocycles. The van der Waals surface area contributed by atoms with Crippen molar-refractivity contribution >= 4 is 10.8 Å². The Morgan fingerprint density at radius 3 is 2.14 bits per heavy atom. The molecule has 14 heavy (non-hydrogen) atoms. The van der Waals surface area contributed by atoms with E-state index in [2.05, 4.69) is 0 Å². The molecule has 0 N–H and O–H groups in total. The average Bonchev–Trinajstić information content (AvgIpc) is 2.21. The van der Waals surface area contributed by atoms with Gasteiger partial charge < -0.3 is 0 Å². The van der Waals surface area contributed by atoms with Crippen LogP contribution in [0.1, 0.15) is 25.0 Å². The van der Waals surface area contributed by atoms with Crippen molar-refractivity contribution in [3.05, 3.63) is 35.4 Å². The van der Waals surface area contributed by atoms with Gasteiger partial charge in [-0.3, -0.25) is 4.21 Å². The highest BCUT2D eigenvalue weighted by Gasteiger charge is 1.95. The van der Waals surface area contributed by atoms with Crippen molar-refractivity contribution < 1.29 is 4.21 Å². The van der Waals surface area contributed by atoms with E-state index in [4.69, 9.17) is 5.26 Å². The van der Waals surface area contributed by atoms with E-state index in [1.54, 1.807) is 18.4 Å². The van der Waals surface area contributed by atoms with Crippen LogP contribution in [-0.4, -0.2) is 10.5 Å². The van der Waals surface area contributed by atoms with Gasteiger partial charge in [0.15, 0.2) is 0 Å². The van der Waals surface area contributed by atoms with Crippen LogP contribution in [0, 0.1) is 11.3 Å². The molecule has 0 saturated heterocycles. The average molecular weight is 209 g/mol. The van der Waals surface area contributed by atoms with Crippen molar-refractivity contribution in [3.63, 3.8) is 0 Å². The second kappa shape index (κ2) is 7.28. The van der Waals surface area contributed by atoms with Crippen LogP contribution in [0.4, 0.5) is 0 Å². The summed E-state index contributed by atoms with van der Waals surface area (Å²) in [6.45, 7) is 4.00. The van der Waals surface area contributed by atoms with E-state index in [0.717, 1.165) is 5.56 Å². The minimum atomic E-state index is -0.808. The van der Waals surface area contributed by atoms with Gasteiger partial charge in [-0.25, -0.2) is 0 Å². The van der Waals surface area contributed by atoms with E-state index in [0.29, 0.717) is 11.3 Å². The Balaban J connectivity index is 0.000000791. The Hall–Kier alpha value is -1.14. The fraction of sp³-hybridized carbons (Fsp3) is 0.364. The monoisotopic (exact) mass is 209 g/mol. The van der Waals surface area contributed by atoms with Gasteiger partial charge in [-0.15, -0.1) is 0 Å². The number of nitrogens with zero attached hydrogens (tertiary/aromatic N) is 1. The highest BCUT2D eigenvalue weighted by atomic mass is 32.2. The van der Waals surface area contributed by atoms with Crippen LogP contribution in [0.5, 0.6) is 0 Å². The van der Waals surface area contributed by atoms with Gasteiger partial charge in [0.1, 0.15) is 0 Å². The molecule has 0 spiro atoms. The SMILES string of the molecule is CC.CS(=O)Cc1ccc(C#N)cc1. The fourth-order valence-corrected chi connectivity index (χ4v) is 1.57. The molecule has 1 rings (SSSR count). The van der Waals surface area contributed by atoms with Gasteiger partial charge in [0.05, 0.1) is 11.6 Å². The minimum absolute atomic E-state index is 0.561. The molecule has 1 aromatic carbocycles. The summed E-state index contributed by atoms with van der Waals surface area (Å²) in [6, 6.07) is 9.17. The van der Waals surface area contributed by atoms with Gasteiger partial charge >= 0.3 is 0 Å². The number of nitriles is 1. The van der Waals surface area contributed by atoms with Crippen LogP contribution in [0.3, 0.4) is 0 Å². The van der Waals surface area contributed by atoms with Crippen LogP contribution < -0.4 is 0 Å². The van der Waals surface area contributed by atoms with Crippen molar-refractivity contribution in [2.24, 2.45) is 0 Å². The Morgan fingerprint density at radius 1 is 1.29 bits per heavy atom. The summed E-state index contributed by atoms with van der Waals surface area (Å²) in [7, 11) is -0.808. The second-order valence-electron chi connectivity index (χ2n) is 2.53. The number of hydrogen-bond acceptors (Lipinski definition) is 2. The Morgan fingerprint density at radius 2 is 1.79 bits per heavy atom. The van der Waals surface area contributed by atoms with Crippen molar-refractivity contribution in [2.75, 3.05) is 6.26 Å². The molecule has 0 saturated carbocycles. The summed E-state index contributed by atoms with van der Waals surface area (Å²) in [5.74, 6) is 0.561. The molecule has 3 heteroatoms. The topological polar surface area (TPSA) is 40.9 Å². The van der Waals surface area contributed by atoms with Crippen molar-refractivity contribution in [1.82, 2.24) is 0 Å². The molecule has 0 aliphatic heterocycles. The zero-order valence-electron chi connectivity index (χ0n) is 8.78. The van der Waals surface area contributed by atoms with Crippen molar-refractivity contribution in [3.8, 4) is 6.07 Å². The first kappa shape index (κ1) is 12.9. The first-order valence-electron chi connectivity index (χ1n) is 4.51. The van der Waals surface area contributed by atoms with E-state index >= 15 is 0 Å². The van der Waals surface area contributed by atoms with Crippen molar-refractivity contribution in [1.29, 1.82) is 5.26 Å². The number of benzene rings is 1. The summed E-state index contributed by atoms with van der Waals surface area (Å²) >= 11 is 0. The summed E-state index contributed by atoms with van der Waals surface area (Å²) < 4.78 is 10.8. The Kier molecular flexibility index (Phi) is 6.69. The molecule has 0 fully saturated rings. The first-order chi connectivity index (χ1) is 6.72. The first-order valence-corrected chi connectivity index (χ1v) is 6.24. The lowest BCUT2D eigenvalue weighted by atomic mass is 10.2. The maximum absolute atomic E-state index is 10.8. The normalized spacial score (nSPS) is 10.7. The molecule has 0 heterocycles. The third kappa shape index (κ3) is 4.78. The second-order valence-corrected chi connectivity index (χ2v) is 3.96. The maximum Gasteiger partial charge on any atom is 0.0991 e. The van der Waals surface area contributed by atoms with E-state index < -0.39 is 10.8 Å². The molecular weight excluding hydrogens is 194 g/mol. The molecule has 76 valence electrons. The van der Waals surface area contributed by atoms with Crippen LogP contribution in [0.25, 0.3) is 0 Å². The Bertz CT molecular complexity index is 324. The van der Waals surface area contributed by atoms with Gasteiger partial charge in [0, 0.05) is 22.8 Å². The summed E-state index contributed by atoms with van der Waals surface area (Å²) in [5, 5.41) is 8.50. The molecule has 0 amide bonds. The van der Waals surface area contributed by atoms with Crippen LogP contribution in [-0.2, 0) is 16.6 Å². The van der Waals surface area contributed by atoms with Crippen molar-refractivity contribution in [2.45, 2.75) is 19.6 Å². The summed E-state index contributed by atoms with van der Waals surface area (Å²) in [4.78, 5) is 0. The maximum atomic E-state index is 10.8. The molecule has 0 aliphatic rings. The van der Waals surface area contributed by atoms with Crippen LogP contribution in [0.2, 0.25) is 0 Å². The summed E-state index contributed by atoms with van der Waals surface area (Å²) in [6.07, 6.45) is 1.66. The smallest absolute Gasteiger partial charge is 0.0991 e. The van der Waals surface area contributed by atoms with E-state index in [1.807, 2.05) is 32.0 Å². The van der Waals surface area contributed by atoms with E-state index in [9.17, 15) is 4.21 Å². The summed E-state index contributed by atoms with van der Waals surface area (Å²) in [5.41, 5.74) is 1.65. The molecular formula is C11H15NOS. The highest BCUT2D eigenvalue weighted by Crippen LogP contribution is 2.04. The third-order valence-corrected chi connectivity index (χ3v) is 2.19. The zero-order valence-corrected chi connectivity index (χ0v) is 9.60. The quantitative estimate of drug-likeness (QED) is 0.750. The molecule has 0 aromatic heterocycles. The molecule has 0 bridgehead atoms. The molecule has 1 unspecified atom stereocenters. The molecule has 1 atom stereocenters. The largest absolute Gasteiger partial charge is 0.260 e. The fourth-order valence-electron chi connectivity index (χ4n) is 0.910. The molecule has 0 radical (unpaired) electrons. The standard InChI is InChI=1S/C9H9NOS.C2H6/c1-12(11)7-9-4-2-8(6-10)3-5-9;1-2/h2-5H,7H2,1H3;1-2H3. The number of hydrogen-bond donors (Lipinski definition) is 0. The lowest BCUT2D eigenvalue weighted by Crippen LogP contribution is -1.91. The minimum Gasteiger partial charge on any atom is -0.260 e. The predicted octanol–water partition coefficient (Wildman–Crippen LogP) is 2.46. The zero-order chi connectivity index (χ0) is 11.0. The van der Waals surface area contributed by atoms with Crippen LogP contribution >= 0.6 is 0 Å². The van der Waals surface area contributed by atoms with Gasteiger partial charge in [-0.1, -0.05) is 26.0 Å². The lowest BCUT2D eigenvalue weighted by Gasteiger charge is -1.96. The molecule has 1 aromatic rings. The molecule has 2 nitrogen and oxygen atoms in total. The highest BCUT2D eigenvalue weighted by molar-refractivity contribution is 7.83. The van der Waals surface area contributed by atoms with E-state index in [-0.39, 0.29) is 0 Å². The third-order valence-electron chi connectivity index (χ3n) is 1.45. The number of rotatable bonds is 2. The van der Waals surface area contributed by atoms with Gasteiger partial charge in [-0.05, 0) is 17.7 Å². The predicted molar refractivity (Wildman–Crippen MR) is 60.3 cm³/mol. The van der Waals surface area contributed by atoms with Crippen LogP contribution in [0.15, 0.2) is 24.3 Å².